The number of sulfonamides is 1. The third-order valence-corrected chi connectivity index (χ3v) is 4.58. The minimum absolute atomic E-state index is 0.000191. The maximum absolute atomic E-state index is 12.6. The van der Waals surface area contributed by atoms with E-state index < -0.39 is 32.8 Å². The van der Waals surface area contributed by atoms with Gasteiger partial charge in [0.2, 0.25) is 10.0 Å². The molecule has 0 amide bonds. The third kappa shape index (κ3) is 5.46. The van der Waals surface area contributed by atoms with Gasteiger partial charge >= 0.3 is 6.18 Å². The van der Waals surface area contributed by atoms with Crippen molar-refractivity contribution in [1.29, 1.82) is 0 Å². The predicted molar refractivity (Wildman–Crippen MR) is 72.6 cm³/mol. The first-order valence-electron chi connectivity index (χ1n) is 6.08. The van der Waals surface area contributed by atoms with E-state index in [4.69, 9.17) is 16.7 Å². The van der Waals surface area contributed by atoms with E-state index in [1.54, 1.807) is 6.92 Å². The van der Waals surface area contributed by atoms with Crippen LogP contribution in [0.25, 0.3) is 0 Å². The molecule has 0 bridgehead atoms. The second kappa shape index (κ2) is 6.95. The van der Waals surface area contributed by atoms with E-state index in [0.29, 0.717) is 18.9 Å². The summed E-state index contributed by atoms with van der Waals surface area (Å²) in [6.07, 6.45) is -4.50. The lowest BCUT2D eigenvalue weighted by Crippen LogP contribution is -2.26. The third-order valence-electron chi connectivity index (χ3n) is 2.64. The van der Waals surface area contributed by atoms with Gasteiger partial charge in [0.1, 0.15) is 4.90 Å². The summed E-state index contributed by atoms with van der Waals surface area (Å²) in [6.45, 7) is 1.55. The Balaban J connectivity index is 2.92. The summed E-state index contributed by atoms with van der Waals surface area (Å²) in [6, 6.07) is 2.11. The highest BCUT2D eigenvalue weighted by atomic mass is 35.5. The van der Waals surface area contributed by atoms with Crippen molar-refractivity contribution in [3.05, 3.63) is 28.8 Å². The number of hydrogen-bond donors (Lipinski definition) is 2. The van der Waals surface area contributed by atoms with Crippen LogP contribution < -0.4 is 4.72 Å². The number of aliphatic hydroxyl groups excluding tert-OH is 1. The van der Waals surface area contributed by atoms with Crippen molar-refractivity contribution in [2.75, 3.05) is 6.54 Å². The molecule has 0 aliphatic carbocycles. The average Bonchev–Trinajstić information content (AvgIpc) is 2.33. The molecule has 9 heteroatoms. The minimum atomic E-state index is -4.65. The monoisotopic (exact) mass is 345 g/mol. The lowest BCUT2D eigenvalue weighted by atomic mass is 10.2. The fourth-order valence-electron chi connectivity index (χ4n) is 1.57. The topological polar surface area (TPSA) is 66.4 Å². The Hall–Kier alpha value is -0.830. The smallest absolute Gasteiger partial charge is 0.393 e. The molecule has 0 aliphatic heterocycles. The van der Waals surface area contributed by atoms with Crippen LogP contribution in [0, 0.1) is 0 Å². The second-order valence-electron chi connectivity index (χ2n) is 4.53. The van der Waals surface area contributed by atoms with Crippen molar-refractivity contribution >= 4 is 21.6 Å². The standard InChI is InChI=1S/C12H15ClF3NO3S/c1-8(18)3-2-6-17-21(19,20)11-7-9(12(14,15)16)4-5-10(11)13/h4-5,7-8,17-18H,2-3,6H2,1H3. The molecule has 1 aromatic rings. The van der Waals surface area contributed by atoms with Crippen molar-refractivity contribution in [2.45, 2.75) is 36.9 Å². The van der Waals surface area contributed by atoms with Crippen LogP contribution in [0.2, 0.25) is 5.02 Å². The predicted octanol–water partition coefficient (Wildman–Crippen LogP) is 2.80. The summed E-state index contributed by atoms with van der Waals surface area (Å²) in [7, 11) is -4.14. The van der Waals surface area contributed by atoms with Gasteiger partial charge in [0.05, 0.1) is 16.7 Å². The number of rotatable bonds is 6. The molecule has 1 unspecified atom stereocenters. The Morgan fingerprint density at radius 2 is 2.00 bits per heavy atom. The molecule has 2 N–H and O–H groups in total. The summed E-state index contributed by atoms with van der Waals surface area (Å²) >= 11 is 5.67. The average molecular weight is 346 g/mol. The number of halogens is 4. The molecular weight excluding hydrogens is 331 g/mol. The van der Waals surface area contributed by atoms with Crippen LogP contribution in [0.15, 0.2) is 23.1 Å². The van der Waals surface area contributed by atoms with E-state index in [2.05, 4.69) is 4.72 Å². The molecule has 0 fully saturated rings. The van der Waals surface area contributed by atoms with Crippen molar-refractivity contribution in [1.82, 2.24) is 4.72 Å². The van der Waals surface area contributed by atoms with E-state index in [1.807, 2.05) is 0 Å². The zero-order valence-electron chi connectivity index (χ0n) is 11.1. The quantitative estimate of drug-likeness (QED) is 0.779. The first kappa shape index (κ1) is 18.2. The molecule has 0 aromatic heterocycles. The largest absolute Gasteiger partial charge is 0.416 e. The molecule has 0 radical (unpaired) electrons. The molecule has 1 aromatic carbocycles. The fourth-order valence-corrected chi connectivity index (χ4v) is 3.17. The van der Waals surface area contributed by atoms with Crippen LogP contribution in [0.3, 0.4) is 0 Å². The minimum Gasteiger partial charge on any atom is -0.393 e. The Bertz CT molecular complexity index is 588. The molecular formula is C12H15ClF3NO3S. The SMILES string of the molecule is CC(O)CCCNS(=O)(=O)c1cc(C(F)(F)F)ccc1Cl. The van der Waals surface area contributed by atoms with E-state index in [9.17, 15) is 21.6 Å². The van der Waals surface area contributed by atoms with Gasteiger partial charge in [-0.05, 0) is 38.0 Å². The lowest BCUT2D eigenvalue weighted by Gasteiger charge is -2.12. The van der Waals surface area contributed by atoms with Crippen LogP contribution in [0.4, 0.5) is 13.2 Å². The Morgan fingerprint density at radius 3 is 2.52 bits per heavy atom. The summed E-state index contributed by atoms with van der Waals surface area (Å²) in [4.78, 5) is -0.615. The summed E-state index contributed by atoms with van der Waals surface area (Å²) < 4.78 is 63.9. The Labute approximate surface area is 126 Å². The normalized spacial score (nSPS) is 14.2. The number of alkyl halides is 3. The van der Waals surface area contributed by atoms with Gasteiger partial charge in [-0.3, -0.25) is 0 Å². The number of hydrogen-bond acceptors (Lipinski definition) is 3. The van der Waals surface area contributed by atoms with Crippen molar-refractivity contribution in [2.24, 2.45) is 0 Å². The van der Waals surface area contributed by atoms with E-state index in [0.717, 1.165) is 12.1 Å². The maximum atomic E-state index is 12.6. The van der Waals surface area contributed by atoms with Gasteiger partial charge < -0.3 is 5.11 Å². The first-order chi connectivity index (χ1) is 9.54. The maximum Gasteiger partial charge on any atom is 0.416 e. The highest BCUT2D eigenvalue weighted by Gasteiger charge is 2.32. The zero-order valence-corrected chi connectivity index (χ0v) is 12.7. The van der Waals surface area contributed by atoms with Crippen LogP contribution >= 0.6 is 11.6 Å². The van der Waals surface area contributed by atoms with E-state index >= 15 is 0 Å². The van der Waals surface area contributed by atoms with Crippen LogP contribution in [-0.2, 0) is 16.2 Å². The second-order valence-corrected chi connectivity index (χ2v) is 6.67. The number of nitrogens with one attached hydrogen (secondary N) is 1. The van der Waals surface area contributed by atoms with Gasteiger partial charge in [0, 0.05) is 6.54 Å². The molecule has 0 heterocycles. The van der Waals surface area contributed by atoms with Crippen molar-refractivity contribution in [3.8, 4) is 0 Å². The molecule has 120 valence electrons. The molecule has 1 atom stereocenters. The first-order valence-corrected chi connectivity index (χ1v) is 7.94. The number of aliphatic hydroxyl groups is 1. The van der Waals surface area contributed by atoms with Crippen LogP contribution in [0.5, 0.6) is 0 Å². The molecule has 21 heavy (non-hydrogen) atoms. The molecule has 0 saturated carbocycles. The van der Waals surface area contributed by atoms with Gasteiger partial charge in [-0.15, -0.1) is 0 Å². The Kier molecular flexibility index (Phi) is 6.03. The molecule has 4 nitrogen and oxygen atoms in total. The molecule has 1 rings (SSSR count). The van der Waals surface area contributed by atoms with Gasteiger partial charge in [-0.2, -0.15) is 13.2 Å². The van der Waals surface area contributed by atoms with E-state index in [-0.39, 0.29) is 11.6 Å². The molecule has 0 aliphatic rings. The summed E-state index contributed by atoms with van der Waals surface area (Å²) in [5.74, 6) is 0. The van der Waals surface area contributed by atoms with Crippen molar-refractivity contribution < 1.29 is 26.7 Å². The highest BCUT2D eigenvalue weighted by molar-refractivity contribution is 7.89. The zero-order chi connectivity index (χ0) is 16.3. The lowest BCUT2D eigenvalue weighted by molar-refractivity contribution is -0.137. The van der Waals surface area contributed by atoms with Crippen LogP contribution in [0.1, 0.15) is 25.3 Å². The molecule has 0 saturated heterocycles. The highest BCUT2D eigenvalue weighted by Crippen LogP contribution is 2.33. The van der Waals surface area contributed by atoms with Gasteiger partial charge in [0.15, 0.2) is 0 Å². The summed E-state index contributed by atoms with van der Waals surface area (Å²) in [5, 5.41) is 8.76. The fraction of sp³-hybridized carbons (Fsp3) is 0.500. The Morgan fingerprint density at radius 1 is 1.38 bits per heavy atom. The summed E-state index contributed by atoms with van der Waals surface area (Å²) in [5.41, 5.74) is -1.09. The van der Waals surface area contributed by atoms with Gasteiger partial charge in [-0.25, -0.2) is 13.1 Å². The van der Waals surface area contributed by atoms with Crippen molar-refractivity contribution in [3.63, 3.8) is 0 Å². The van der Waals surface area contributed by atoms with Gasteiger partial charge in [-0.1, -0.05) is 11.6 Å². The molecule has 0 spiro atoms. The number of benzene rings is 1. The van der Waals surface area contributed by atoms with E-state index in [1.165, 1.54) is 0 Å². The van der Waals surface area contributed by atoms with Crippen LogP contribution in [-0.4, -0.2) is 26.2 Å². The van der Waals surface area contributed by atoms with Gasteiger partial charge in [0.25, 0.3) is 0 Å².